The van der Waals surface area contributed by atoms with Crippen molar-refractivity contribution in [3.63, 3.8) is 0 Å². The first-order valence-electron chi connectivity index (χ1n) is 10.5. The van der Waals surface area contributed by atoms with Crippen molar-refractivity contribution in [3.05, 3.63) is 97.0 Å². The lowest BCUT2D eigenvalue weighted by molar-refractivity contribution is 0.208. The summed E-state index contributed by atoms with van der Waals surface area (Å²) in [5, 5.41) is 0. The van der Waals surface area contributed by atoms with Crippen molar-refractivity contribution in [1.82, 2.24) is 9.55 Å². The molecule has 31 heavy (non-hydrogen) atoms. The van der Waals surface area contributed by atoms with Gasteiger partial charge in [0, 0.05) is 36.5 Å². The number of imidazole rings is 1. The Balaban J connectivity index is 1.60. The molecule has 0 aliphatic rings. The molecule has 156 valence electrons. The van der Waals surface area contributed by atoms with Crippen molar-refractivity contribution < 1.29 is 9.53 Å². The van der Waals surface area contributed by atoms with E-state index in [0.29, 0.717) is 12.3 Å². The number of aromatic nitrogens is 2. The lowest BCUT2D eigenvalue weighted by Gasteiger charge is -2.20. The SMILES string of the molecule is CCc1nc(-c2ccccc2)cn1-c1cccc(OC(=O)N(CC)c2ccccc2)c1. The molecule has 5 nitrogen and oxygen atoms in total. The molecule has 1 heterocycles. The second-order valence-corrected chi connectivity index (χ2v) is 7.08. The number of hydrogen-bond acceptors (Lipinski definition) is 3. The summed E-state index contributed by atoms with van der Waals surface area (Å²) in [5.74, 6) is 1.44. The highest BCUT2D eigenvalue weighted by atomic mass is 16.6. The standard InChI is InChI=1S/C26H25N3O2/c1-3-25-27-24(20-12-7-5-8-13-20)19-29(25)22-16-11-17-23(18-22)31-26(30)28(4-2)21-14-9-6-10-15-21/h5-19H,3-4H2,1-2H3. The summed E-state index contributed by atoms with van der Waals surface area (Å²) < 4.78 is 7.75. The third-order valence-corrected chi connectivity index (χ3v) is 5.07. The molecule has 0 radical (unpaired) electrons. The molecule has 0 unspecified atom stereocenters. The molecule has 0 saturated heterocycles. The second-order valence-electron chi connectivity index (χ2n) is 7.08. The number of hydrogen-bond donors (Lipinski definition) is 0. The maximum atomic E-state index is 12.8. The van der Waals surface area contributed by atoms with Crippen LogP contribution >= 0.6 is 0 Å². The number of nitrogens with zero attached hydrogens (tertiary/aromatic N) is 3. The van der Waals surface area contributed by atoms with Crippen molar-refractivity contribution in [2.45, 2.75) is 20.3 Å². The molecule has 1 aromatic heterocycles. The van der Waals surface area contributed by atoms with Crippen LogP contribution in [0.2, 0.25) is 0 Å². The van der Waals surface area contributed by atoms with Crippen LogP contribution in [0.4, 0.5) is 10.5 Å². The zero-order valence-electron chi connectivity index (χ0n) is 17.7. The first kappa shape index (κ1) is 20.4. The first-order valence-corrected chi connectivity index (χ1v) is 10.5. The Labute approximate surface area is 182 Å². The van der Waals surface area contributed by atoms with Gasteiger partial charge in [0.05, 0.1) is 11.4 Å². The van der Waals surface area contributed by atoms with Gasteiger partial charge in [-0.05, 0) is 31.2 Å². The summed E-state index contributed by atoms with van der Waals surface area (Å²) in [5.41, 5.74) is 3.70. The fraction of sp³-hybridized carbons (Fsp3) is 0.154. The number of carbonyl (C=O) groups is 1. The topological polar surface area (TPSA) is 47.4 Å². The molecule has 5 heteroatoms. The minimum Gasteiger partial charge on any atom is -0.410 e. The normalized spacial score (nSPS) is 10.6. The monoisotopic (exact) mass is 411 g/mol. The predicted molar refractivity (Wildman–Crippen MR) is 124 cm³/mol. The fourth-order valence-electron chi connectivity index (χ4n) is 3.52. The third kappa shape index (κ3) is 4.51. The van der Waals surface area contributed by atoms with E-state index in [-0.39, 0.29) is 0 Å². The Kier molecular flexibility index (Phi) is 6.13. The van der Waals surface area contributed by atoms with Crippen LogP contribution in [0.5, 0.6) is 5.75 Å². The molecule has 0 aliphatic carbocycles. The summed E-state index contributed by atoms with van der Waals surface area (Å²) in [6.07, 6.45) is 2.41. The van der Waals surface area contributed by atoms with Gasteiger partial charge in [0.15, 0.2) is 0 Å². The van der Waals surface area contributed by atoms with E-state index in [9.17, 15) is 4.79 Å². The largest absolute Gasteiger partial charge is 0.419 e. The van der Waals surface area contributed by atoms with Crippen LogP contribution in [0.15, 0.2) is 91.1 Å². The summed E-state index contributed by atoms with van der Waals surface area (Å²) >= 11 is 0. The molecule has 1 amide bonds. The van der Waals surface area contributed by atoms with Gasteiger partial charge >= 0.3 is 6.09 Å². The highest BCUT2D eigenvalue weighted by molar-refractivity contribution is 5.89. The maximum Gasteiger partial charge on any atom is 0.419 e. The summed E-state index contributed by atoms with van der Waals surface area (Å²) in [6.45, 7) is 4.52. The van der Waals surface area contributed by atoms with Gasteiger partial charge in [0.25, 0.3) is 0 Å². The van der Waals surface area contributed by atoms with Crippen LogP contribution in [-0.4, -0.2) is 22.2 Å². The summed E-state index contributed by atoms with van der Waals surface area (Å²) in [6, 6.07) is 27.2. The van der Waals surface area contributed by atoms with E-state index >= 15 is 0 Å². The van der Waals surface area contributed by atoms with Crippen LogP contribution in [0.25, 0.3) is 16.9 Å². The van der Waals surface area contributed by atoms with Gasteiger partial charge in [-0.2, -0.15) is 0 Å². The molecule has 4 rings (SSSR count). The average Bonchev–Trinajstić information content (AvgIpc) is 3.26. The minimum absolute atomic E-state index is 0.405. The van der Waals surface area contributed by atoms with E-state index in [0.717, 1.165) is 34.9 Å². The molecule has 0 spiro atoms. The number of ether oxygens (including phenoxy) is 1. The predicted octanol–water partition coefficient (Wildman–Crippen LogP) is 6.13. The first-order chi connectivity index (χ1) is 15.2. The lowest BCUT2D eigenvalue weighted by Crippen LogP contribution is -2.33. The quantitative estimate of drug-likeness (QED) is 0.384. The Morgan fingerprint density at radius 1 is 0.935 bits per heavy atom. The number of aryl methyl sites for hydroxylation is 1. The van der Waals surface area contributed by atoms with Gasteiger partial charge in [-0.1, -0.05) is 61.5 Å². The number of carbonyl (C=O) groups excluding carboxylic acids is 1. The van der Waals surface area contributed by atoms with Gasteiger partial charge in [-0.3, -0.25) is 4.90 Å². The van der Waals surface area contributed by atoms with Gasteiger partial charge in [0.1, 0.15) is 11.6 Å². The van der Waals surface area contributed by atoms with E-state index in [4.69, 9.17) is 9.72 Å². The van der Waals surface area contributed by atoms with Crippen molar-refractivity contribution in [3.8, 4) is 22.7 Å². The van der Waals surface area contributed by atoms with Gasteiger partial charge < -0.3 is 9.30 Å². The second kappa shape index (κ2) is 9.30. The highest BCUT2D eigenvalue weighted by Gasteiger charge is 2.17. The fourth-order valence-corrected chi connectivity index (χ4v) is 3.52. The Morgan fingerprint density at radius 2 is 1.65 bits per heavy atom. The van der Waals surface area contributed by atoms with E-state index in [1.54, 1.807) is 11.0 Å². The average molecular weight is 412 g/mol. The Bertz CT molecular complexity index is 1150. The molecule has 0 atom stereocenters. The zero-order valence-corrected chi connectivity index (χ0v) is 17.7. The lowest BCUT2D eigenvalue weighted by atomic mass is 10.2. The summed E-state index contributed by atoms with van der Waals surface area (Å²) in [4.78, 5) is 19.2. The molecular formula is C26H25N3O2. The number of para-hydroxylation sites is 1. The molecular weight excluding hydrogens is 386 g/mol. The molecule has 0 saturated carbocycles. The molecule has 0 bridgehead atoms. The highest BCUT2D eigenvalue weighted by Crippen LogP contribution is 2.25. The van der Waals surface area contributed by atoms with Crippen molar-refractivity contribution in [1.29, 1.82) is 0 Å². The summed E-state index contributed by atoms with van der Waals surface area (Å²) in [7, 11) is 0. The molecule has 0 fully saturated rings. The minimum atomic E-state index is -0.405. The van der Waals surface area contributed by atoms with Gasteiger partial charge in [-0.25, -0.2) is 9.78 Å². The number of anilines is 1. The molecule has 4 aromatic rings. The van der Waals surface area contributed by atoms with Crippen LogP contribution in [0.1, 0.15) is 19.7 Å². The van der Waals surface area contributed by atoms with E-state index in [2.05, 4.69) is 11.5 Å². The van der Waals surface area contributed by atoms with Gasteiger partial charge in [0.2, 0.25) is 0 Å². The Hall–Kier alpha value is -3.86. The molecule has 3 aromatic carbocycles. The number of benzene rings is 3. The Morgan fingerprint density at radius 3 is 2.32 bits per heavy atom. The number of rotatable bonds is 6. The zero-order chi connectivity index (χ0) is 21.6. The molecule has 0 N–H and O–H groups in total. The maximum absolute atomic E-state index is 12.8. The van der Waals surface area contributed by atoms with Crippen molar-refractivity contribution in [2.75, 3.05) is 11.4 Å². The van der Waals surface area contributed by atoms with Crippen molar-refractivity contribution in [2.24, 2.45) is 0 Å². The molecule has 0 aliphatic heterocycles. The smallest absolute Gasteiger partial charge is 0.410 e. The third-order valence-electron chi connectivity index (χ3n) is 5.07. The van der Waals surface area contributed by atoms with Crippen LogP contribution in [0, 0.1) is 0 Å². The van der Waals surface area contributed by atoms with Gasteiger partial charge in [-0.15, -0.1) is 0 Å². The van der Waals surface area contributed by atoms with E-state index in [1.165, 1.54) is 0 Å². The van der Waals surface area contributed by atoms with E-state index < -0.39 is 6.09 Å². The van der Waals surface area contributed by atoms with Crippen LogP contribution in [-0.2, 0) is 6.42 Å². The van der Waals surface area contributed by atoms with E-state index in [1.807, 2.05) is 92.0 Å². The van der Waals surface area contributed by atoms with Crippen LogP contribution in [0.3, 0.4) is 0 Å². The van der Waals surface area contributed by atoms with Crippen molar-refractivity contribution >= 4 is 11.8 Å². The van der Waals surface area contributed by atoms with Crippen LogP contribution < -0.4 is 9.64 Å². The number of amides is 1.